The number of benzene rings is 1. The summed E-state index contributed by atoms with van der Waals surface area (Å²) in [6.07, 6.45) is 0.939. The summed E-state index contributed by atoms with van der Waals surface area (Å²) >= 11 is 0. The van der Waals surface area contributed by atoms with Crippen LogP contribution in [0.25, 0.3) is 0 Å². The molecular formula is C57H92N6O13. The van der Waals surface area contributed by atoms with Crippen molar-refractivity contribution in [2.24, 2.45) is 29.6 Å². The van der Waals surface area contributed by atoms with Crippen LogP contribution in [0.2, 0.25) is 0 Å². The van der Waals surface area contributed by atoms with Crippen molar-refractivity contribution < 1.29 is 62.5 Å². The summed E-state index contributed by atoms with van der Waals surface area (Å²) in [4.78, 5) is 133. The van der Waals surface area contributed by atoms with Crippen molar-refractivity contribution in [3.8, 4) is 5.75 Å². The van der Waals surface area contributed by atoms with Crippen molar-refractivity contribution in [2.75, 3.05) is 27.7 Å². The van der Waals surface area contributed by atoms with Crippen molar-refractivity contribution in [1.82, 2.24) is 30.7 Å². The van der Waals surface area contributed by atoms with Gasteiger partial charge in [-0.05, 0) is 87.3 Å². The number of rotatable bonds is 19. The van der Waals surface area contributed by atoms with Crippen LogP contribution in [-0.2, 0) is 59.0 Å². The molecule has 0 spiro atoms. The topological polar surface area (TPSA) is 247 Å². The minimum Gasteiger partial charge on any atom is -0.497 e. The number of ketones is 1. The number of hydrogen-bond donors (Lipinski definition) is 4. The van der Waals surface area contributed by atoms with Crippen molar-refractivity contribution in [2.45, 2.75) is 214 Å². The molecule has 19 heteroatoms. The van der Waals surface area contributed by atoms with Gasteiger partial charge in [0.25, 0.3) is 0 Å². The highest BCUT2D eigenvalue weighted by atomic mass is 16.6. The third kappa shape index (κ3) is 18.6. The Bertz CT molecular complexity index is 2120. The number of nitrogens with zero attached hydrogens (tertiary/aromatic N) is 3. The molecule has 2 aliphatic rings. The molecule has 0 saturated carbocycles. The van der Waals surface area contributed by atoms with Gasteiger partial charge in [0, 0.05) is 33.5 Å². The molecule has 1 aromatic rings. The Morgan fingerprint density at radius 2 is 1.51 bits per heavy atom. The van der Waals surface area contributed by atoms with Gasteiger partial charge in [-0.1, -0.05) is 107 Å². The van der Waals surface area contributed by atoms with E-state index in [-0.39, 0.29) is 56.4 Å². The highest BCUT2D eigenvalue weighted by molar-refractivity contribution is 6.05. The van der Waals surface area contributed by atoms with Crippen molar-refractivity contribution in [3.05, 3.63) is 29.8 Å². The summed E-state index contributed by atoms with van der Waals surface area (Å²) < 4.78 is 17.3. The highest BCUT2D eigenvalue weighted by Crippen LogP contribution is 2.26. The zero-order valence-electron chi connectivity index (χ0n) is 48.0. The summed E-state index contributed by atoms with van der Waals surface area (Å²) in [5.74, 6) is -8.59. The van der Waals surface area contributed by atoms with E-state index in [2.05, 4.69) is 22.9 Å². The number of likely N-dealkylation sites (N-methyl/N-ethyl adjacent to an activating group) is 2. The fourth-order valence-electron chi connectivity index (χ4n) is 9.83. The molecular weight excluding hydrogens is 977 g/mol. The number of unbranched alkanes of at least 4 members (excludes halogenated alkanes) is 4. The lowest BCUT2D eigenvalue weighted by atomic mass is 9.91. The molecule has 6 amide bonds. The first-order valence-electron chi connectivity index (χ1n) is 27.8. The molecule has 2 heterocycles. The predicted octanol–water partition coefficient (Wildman–Crippen LogP) is 5.31. The lowest BCUT2D eigenvalue weighted by molar-refractivity contribution is -0.163. The number of esters is 2. The summed E-state index contributed by atoms with van der Waals surface area (Å²) in [6, 6.07) is -0.594. The van der Waals surface area contributed by atoms with Gasteiger partial charge in [-0.3, -0.25) is 38.4 Å². The van der Waals surface area contributed by atoms with E-state index in [9.17, 15) is 48.3 Å². The summed E-state index contributed by atoms with van der Waals surface area (Å²) in [6.45, 7) is 19.4. The number of fused-ring (bicyclic) bond motifs is 1. The van der Waals surface area contributed by atoms with Gasteiger partial charge in [0.05, 0.1) is 31.6 Å². The van der Waals surface area contributed by atoms with E-state index in [4.69, 9.17) is 14.2 Å². The molecule has 428 valence electrons. The molecule has 4 N–H and O–H groups in total. The van der Waals surface area contributed by atoms with Gasteiger partial charge >= 0.3 is 11.9 Å². The molecule has 11 atom stereocenters. The maximum absolute atomic E-state index is 14.9. The second-order valence-electron chi connectivity index (χ2n) is 22.3. The molecule has 0 aromatic heterocycles. The average molecular weight is 1070 g/mol. The van der Waals surface area contributed by atoms with Gasteiger partial charge in [-0.2, -0.15) is 0 Å². The van der Waals surface area contributed by atoms with Crippen LogP contribution in [0, 0.1) is 29.6 Å². The Morgan fingerprint density at radius 3 is 2.09 bits per heavy atom. The van der Waals surface area contributed by atoms with E-state index in [1.165, 1.54) is 42.7 Å². The zero-order chi connectivity index (χ0) is 57.1. The Hall–Kier alpha value is -5.59. The van der Waals surface area contributed by atoms with E-state index in [0.717, 1.165) is 25.7 Å². The molecule has 1 unspecified atom stereocenters. The number of methoxy groups -OCH3 is 1. The van der Waals surface area contributed by atoms with Crippen LogP contribution < -0.4 is 20.7 Å². The minimum absolute atomic E-state index is 0.0781. The number of Topliss-reactive ketones (excluding diaryl/α,β-unsaturated/α-hetero) is 1. The van der Waals surface area contributed by atoms with Crippen molar-refractivity contribution in [3.63, 3.8) is 0 Å². The van der Waals surface area contributed by atoms with Gasteiger partial charge in [-0.25, -0.2) is 4.79 Å². The molecule has 76 heavy (non-hydrogen) atoms. The van der Waals surface area contributed by atoms with Crippen LogP contribution in [-0.4, -0.2) is 155 Å². The number of carbonyl (C=O) groups is 9. The number of aliphatic hydroxyl groups is 1. The molecule has 2 saturated heterocycles. The van der Waals surface area contributed by atoms with Gasteiger partial charge in [0.15, 0.2) is 11.9 Å². The maximum atomic E-state index is 14.9. The molecule has 1 aromatic carbocycles. The number of aliphatic hydroxyl groups excluding tert-OH is 1. The van der Waals surface area contributed by atoms with Gasteiger partial charge in [-0.15, -0.1) is 0 Å². The van der Waals surface area contributed by atoms with E-state index in [1.807, 2.05) is 34.6 Å². The Morgan fingerprint density at radius 1 is 0.868 bits per heavy atom. The highest BCUT2D eigenvalue weighted by Gasteiger charge is 2.45. The second kappa shape index (κ2) is 31.0. The SMILES string of the molecule is CCCCCCCC(=O)N(C)[C@H](CC(C)C)C(=O)N[C@@H]1C(=O)N[C@H]([C@@H](C)CC)[C@@H](O)CC(=O)OC(C(C)C)C(=O)[C@H](C)C(=O)N[C@@H](CC(C)C)C(=O)N2CCC[C@H]2C(=O)N(C)[C@@H](Cc2ccc(OC)cc2)C(=O)O[C@@H]1C. The molecule has 0 bridgehead atoms. The van der Waals surface area contributed by atoms with E-state index in [1.54, 1.807) is 52.1 Å². The number of nitrogens with one attached hydrogen (secondary N) is 3. The number of hydrogen-bond acceptors (Lipinski definition) is 13. The zero-order valence-corrected chi connectivity index (χ0v) is 48.0. The van der Waals surface area contributed by atoms with Crippen LogP contribution in [0.1, 0.15) is 159 Å². The molecule has 2 fully saturated rings. The van der Waals surface area contributed by atoms with E-state index >= 15 is 0 Å². The molecule has 19 nitrogen and oxygen atoms in total. The van der Waals surface area contributed by atoms with Crippen LogP contribution in [0.3, 0.4) is 0 Å². The first-order chi connectivity index (χ1) is 35.8. The number of amides is 6. The number of cyclic esters (lactones) is 2. The van der Waals surface area contributed by atoms with Crippen LogP contribution >= 0.6 is 0 Å². The number of carbonyl (C=O) groups excluding carboxylic acids is 9. The van der Waals surface area contributed by atoms with Gasteiger partial charge < -0.3 is 50.0 Å². The first kappa shape index (κ1) is 64.7. The fraction of sp³-hybridized carbons (Fsp3) is 0.737. The molecule has 3 rings (SSSR count). The normalized spacial score (nSPS) is 25.9. The summed E-state index contributed by atoms with van der Waals surface area (Å²) in [5, 5.41) is 20.2. The van der Waals surface area contributed by atoms with Crippen molar-refractivity contribution >= 4 is 53.2 Å². The minimum atomic E-state index is -1.66. The van der Waals surface area contributed by atoms with E-state index in [0.29, 0.717) is 30.6 Å². The lowest BCUT2D eigenvalue weighted by Crippen LogP contribution is -2.61. The Balaban J connectivity index is 2.25. The predicted molar refractivity (Wildman–Crippen MR) is 287 cm³/mol. The smallest absolute Gasteiger partial charge is 0.329 e. The van der Waals surface area contributed by atoms with E-state index < -0.39 is 126 Å². The molecule has 0 radical (unpaired) electrons. The molecule has 0 aliphatic carbocycles. The second-order valence-corrected chi connectivity index (χ2v) is 22.3. The van der Waals surface area contributed by atoms with Crippen LogP contribution in [0.15, 0.2) is 24.3 Å². The Kier molecular flexibility index (Phi) is 26.4. The number of ether oxygens (including phenoxy) is 3. The Labute approximate surface area is 452 Å². The van der Waals surface area contributed by atoms with Gasteiger partial charge in [0.1, 0.15) is 42.1 Å². The summed E-state index contributed by atoms with van der Waals surface area (Å²) in [7, 11) is 4.48. The largest absolute Gasteiger partial charge is 0.497 e. The van der Waals surface area contributed by atoms with Crippen LogP contribution in [0.5, 0.6) is 5.75 Å². The lowest BCUT2D eigenvalue weighted by Gasteiger charge is -2.36. The maximum Gasteiger partial charge on any atom is 0.329 e. The van der Waals surface area contributed by atoms with Crippen LogP contribution in [0.4, 0.5) is 0 Å². The monoisotopic (exact) mass is 1070 g/mol. The third-order valence-electron chi connectivity index (χ3n) is 14.8. The van der Waals surface area contributed by atoms with Gasteiger partial charge in [0.2, 0.25) is 35.4 Å². The quantitative estimate of drug-likeness (QED) is 0.0781. The fourth-order valence-corrected chi connectivity index (χ4v) is 9.83. The average Bonchev–Trinajstić information content (AvgIpc) is 3.87. The first-order valence-corrected chi connectivity index (χ1v) is 27.8. The standard InChI is InChI=1S/C57H92N6O13/c1-15-17-18-19-20-23-46(65)61(12)43(30-34(5)6)53(69)60-49-38(11)75-57(73)44(31-39-24-26-40(74-14)27-25-39)62(13)56(72)42-22-21-28-63(42)55(71)41(29-33(3)4)58-52(68)37(10)50(67)51(35(7)8)76-47(66)32-45(64)48(36(9)16-2)59-54(49)70/h24-27,33-38,41-45,48-49,51,64H,15-23,28-32H2,1-14H3,(H,58,68)(H,59,70)(H,60,69)/t36-,37-,38+,41-,42-,43+,44-,45-,48+,49-,51?/m0/s1. The summed E-state index contributed by atoms with van der Waals surface area (Å²) in [5.41, 5.74) is 0.607. The third-order valence-corrected chi connectivity index (χ3v) is 14.8. The van der Waals surface area contributed by atoms with Crippen molar-refractivity contribution in [1.29, 1.82) is 0 Å². The molecule has 2 aliphatic heterocycles.